The molecule has 0 unspecified atom stereocenters. The molecule has 0 saturated carbocycles. The number of methoxy groups -OCH3 is 1. The fourth-order valence-corrected chi connectivity index (χ4v) is 3.71. The van der Waals surface area contributed by atoms with Crippen LogP contribution in [0.25, 0.3) is 0 Å². The number of rotatable bonds is 7. The van der Waals surface area contributed by atoms with E-state index in [1.807, 2.05) is 0 Å². The molecular formula is C15H20N2O6S2. The van der Waals surface area contributed by atoms with Crippen molar-refractivity contribution in [1.82, 2.24) is 5.32 Å². The van der Waals surface area contributed by atoms with Gasteiger partial charge in [0.05, 0.1) is 12.0 Å². The minimum atomic E-state index is -0.865. The summed E-state index contributed by atoms with van der Waals surface area (Å²) < 4.78 is 9.81. The van der Waals surface area contributed by atoms with Crippen molar-refractivity contribution in [1.29, 1.82) is 0 Å². The molecule has 0 saturated heterocycles. The fraction of sp³-hybridized carbons (Fsp3) is 0.467. The minimum absolute atomic E-state index is 0.00776. The molecule has 1 rings (SSSR count). The number of hydrogen-bond acceptors (Lipinski definition) is 8. The molecular weight excluding hydrogens is 368 g/mol. The number of benzene rings is 1. The van der Waals surface area contributed by atoms with Gasteiger partial charge in [-0.2, -0.15) is 0 Å². The summed E-state index contributed by atoms with van der Waals surface area (Å²) in [5, 5.41) is 13.1. The Labute approximate surface area is 153 Å². The lowest BCUT2D eigenvalue weighted by molar-refractivity contribution is -0.384. The van der Waals surface area contributed by atoms with Gasteiger partial charge in [-0.3, -0.25) is 10.1 Å². The molecule has 25 heavy (non-hydrogen) atoms. The van der Waals surface area contributed by atoms with E-state index in [1.165, 1.54) is 40.8 Å². The number of ether oxygens (including phenoxy) is 2. The first-order valence-corrected chi connectivity index (χ1v) is 9.55. The smallest absolute Gasteiger partial charge is 0.408 e. The topological polar surface area (TPSA) is 108 Å². The van der Waals surface area contributed by atoms with E-state index in [0.29, 0.717) is 0 Å². The Morgan fingerprint density at radius 1 is 1.28 bits per heavy atom. The number of esters is 1. The molecule has 1 atom stereocenters. The van der Waals surface area contributed by atoms with Crippen LogP contribution in [0.1, 0.15) is 20.8 Å². The van der Waals surface area contributed by atoms with E-state index in [1.54, 1.807) is 32.9 Å². The SMILES string of the molecule is COC(=O)[C@H](CSSc1ccc([N+](=O)[O-])cc1)NC(=O)OC(C)(C)C. The van der Waals surface area contributed by atoms with Crippen LogP contribution in [0.2, 0.25) is 0 Å². The molecule has 1 amide bonds. The molecule has 0 aliphatic heterocycles. The van der Waals surface area contributed by atoms with Crippen LogP contribution in [0.5, 0.6) is 0 Å². The van der Waals surface area contributed by atoms with Gasteiger partial charge in [0.15, 0.2) is 0 Å². The average Bonchev–Trinajstić information content (AvgIpc) is 2.51. The molecule has 0 aliphatic rings. The van der Waals surface area contributed by atoms with E-state index >= 15 is 0 Å². The zero-order valence-electron chi connectivity index (χ0n) is 14.3. The molecule has 1 N–H and O–H groups in total. The first-order chi connectivity index (χ1) is 11.6. The van der Waals surface area contributed by atoms with Gasteiger partial charge in [0, 0.05) is 22.8 Å². The van der Waals surface area contributed by atoms with E-state index in [2.05, 4.69) is 10.1 Å². The van der Waals surface area contributed by atoms with Gasteiger partial charge >= 0.3 is 12.1 Å². The second-order valence-corrected chi connectivity index (χ2v) is 8.26. The summed E-state index contributed by atoms with van der Waals surface area (Å²) in [6.07, 6.45) is -0.705. The van der Waals surface area contributed by atoms with E-state index < -0.39 is 28.6 Å². The zero-order valence-corrected chi connectivity index (χ0v) is 15.9. The number of nitro groups is 1. The number of nitrogens with zero attached hydrogens (tertiary/aromatic N) is 1. The third-order valence-electron chi connectivity index (χ3n) is 2.61. The summed E-state index contributed by atoms with van der Waals surface area (Å²) in [5.74, 6) is -0.337. The van der Waals surface area contributed by atoms with E-state index in [0.717, 1.165) is 4.90 Å². The lowest BCUT2D eigenvalue weighted by Crippen LogP contribution is -2.45. The fourth-order valence-electron chi connectivity index (χ4n) is 1.55. The van der Waals surface area contributed by atoms with Crippen molar-refractivity contribution in [3.63, 3.8) is 0 Å². The van der Waals surface area contributed by atoms with Gasteiger partial charge in [0.2, 0.25) is 0 Å². The van der Waals surface area contributed by atoms with Crippen molar-refractivity contribution in [3.8, 4) is 0 Å². The predicted octanol–water partition coefficient (Wildman–Crippen LogP) is 3.40. The second-order valence-electron chi connectivity index (χ2n) is 5.84. The highest BCUT2D eigenvalue weighted by Gasteiger charge is 2.25. The molecule has 0 aliphatic carbocycles. The molecule has 0 fully saturated rings. The molecule has 138 valence electrons. The number of carbonyl (C=O) groups excluding carboxylic acids is 2. The van der Waals surface area contributed by atoms with Gasteiger partial charge in [-0.05, 0) is 32.9 Å². The normalized spacial score (nSPS) is 12.2. The number of carbonyl (C=O) groups is 2. The first-order valence-electron chi connectivity index (χ1n) is 7.23. The molecule has 1 aromatic carbocycles. The van der Waals surface area contributed by atoms with Gasteiger partial charge in [-0.1, -0.05) is 21.6 Å². The van der Waals surface area contributed by atoms with Crippen LogP contribution in [-0.2, 0) is 14.3 Å². The lowest BCUT2D eigenvalue weighted by Gasteiger charge is -2.22. The zero-order chi connectivity index (χ0) is 19.0. The highest BCUT2D eigenvalue weighted by atomic mass is 33.1. The molecule has 0 spiro atoms. The van der Waals surface area contributed by atoms with Crippen molar-refractivity contribution in [2.45, 2.75) is 37.3 Å². The number of nitro benzene ring substituents is 1. The maximum atomic E-state index is 11.8. The predicted molar refractivity (Wildman–Crippen MR) is 96.6 cm³/mol. The third-order valence-corrected chi connectivity index (χ3v) is 5.01. The summed E-state index contributed by atoms with van der Waals surface area (Å²) in [5.41, 5.74) is -0.667. The van der Waals surface area contributed by atoms with Gasteiger partial charge in [-0.15, -0.1) is 0 Å². The number of non-ortho nitro benzene ring substituents is 1. The molecule has 0 aromatic heterocycles. The van der Waals surface area contributed by atoms with E-state index in [9.17, 15) is 19.7 Å². The van der Waals surface area contributed by atoms with Crippen molar-refractivity contribution >= 4 is 39.3 Å². The Morgan fingerprint density at radius 2 is 1.88 bits per heavy atom. The molecule has 10 heteroatoms. The summed E-state index contributed by atoms with van der Waals surface area (Å²) in [4.78, 5) is 34.5. The Bertz CT molecular complexity index is 615. The Hall–Kier alpha value is -1.94. The first kappa shape index (κ1) is 21.1. The van der Waals surface area contributed by atoms with Crippen LogP contribution in [0, 0.1) is 10.1 Å². The lowest BCUT2D eigenvalue weighted by atomic mass is 10.2. The van der Waals surface area contributed by atoms with E-state index in [-0.39, 0.29) is 11.4 Å². The number of amides is 1. The molecule has 1 aromatic rings. The number of hydrogen-bond donors (Lipinski definition) is 1. The standard InChI is InChI=1S/C15H20N2O6S2/c1-15(2,3)23-14(19)16-12(13(18)22-4)9-24-25-11-7-5-10(6-8-11)17(20)21/h5-8,12H,9H2,1-4H3,(H,16,19)/t12-/m0/s1. The van der Waals surface area contributed by atoms with Crippen molar-refractivity contribution in [2.24, 2.45) is 0 Å². The summed E-state index contributed by atoms with van der Waals surface area (Å²) in [7, 11) is 3.88. The monoisotopic (exact) mass is 388 g/mol. The van der Waals surface area contributed by atoms with Gasteiger partial charge in [0.25, 0.3) is 5.69 Å². The van der Waals surface area contributed by atoms with Crippen LogP contribution in [0.3, 0.4) is 0 Å². The minimum Gasteiger partial charge on any atom is -0.467 e. The molecule has 0 radical (unpaired) electrons. The van der Waals surface area contributed by atoms with Crippen LogP contribution in [0.15, 0.2) is 29.2 Å². The average molecular weight is 388 g/mol. The quantitative estimate of drug-likeness (QED) is 0.328. The molecule has 0 heterocycles. The van der Waals surface area contributed by atoms with Gasteiger partial charge in [-0.25, -0.2) is 9.59 Å². The van der Waals surface area contributed by atoms with Crippen LogP contribution >= 0.6 is 21.6 Å². The Morgan fingerprint density at radius 3 is 2.36 bits per heavy atom. The maximum absolute atomic E-state index is 11.8. The van der Waals surface area contributed by atoms with Crippen LogP contribution < -0.4 is 5.32 Å². The molecule has 0 bridgehead atoms. The van der Waals surface area contributed by atoms with E-state index in [4.69, 9.17) is 4.74 Å². The highest BCUT2D eigenvalue weighted by molar-refractivity contribution is 8.76. The second kappa shape index (κ2) is 9.52. The number of nitrogens with one attached hydrogen (secondary N) is 1. The molecule has 8 nitrogen and oxygen atoms in total. The summed E-state index contributed by atoms with van der Waals surface area (Å²) in [6, 6.07) is 5.17. The van der Waals surface area contributed by atoms with Gasteiger partial charge in [0.1, 0.15) is 11.6 Å². The van der Waals surface area contributed by atoms with Crippen LogP contribution in [-0.4, -0.2) is 41.5 Å². The van der Waals surface area contributed by atoms with Crippen LogP contribution in [0.4, 0.5) is 10.5 Å². The number of alkyl carbamates (subject to hydrolysis) is 1. The Kier molecular flexibility index (Phi) is 8.04. The summed E-state index contributed by atoms with van der Waals surface area (Å²) in [6.45, 7) is 5.16. The largest absolute Gasteiger partial charge is 0.467 e. The summed E-state index contributed by atoms with van der Waals surface area (Å²) >= 11 is 0. The maximum Gasteiger partial charge on any atom is 0.408 e. The Balaban J connectivity index is 2.57. The van der Waals surface area contributed by atoms with Gasteiger partial charge < -0.3 is 14.8 Å². The van der Waals surface area contributed by atoms with Crippen molar-refractivity contribution in [2.75, 3.05) is 12.9 Å². The van der Waals surface area contributed by atoms with Crippen molar-refractivity contribution in [3.05, 3.63) is 34.4 Å². The van der Waals surface area contributed by atoms with Crippen molar-refractivity contribution < 1.29 is 24.0 Å². The highest BCUT2D eigenvalue weighted by Crippen LogP contribution is 2.32. The third kappa shape index (κ3) is 8.12.